The van der Waals surface area contributed by atoms with E-state index in [1.54, 1.807) is 18.3 Å². The number of aromatic nitrogens is 5. The predicted molar refractivity (Wildman–Crippen MR) is 55.2 cm³/mol. The first kappa shape index (κ1) is 9.46. The lowest BCUT2D eigenvalue weighted by atomic mass is 10.3. The lowest BCUT2D eigenvalue weighted by molar-refractivity contribution is 0.308. The minimum atomic E-state index is 0.0984. The van der Waals surface area contributed by atoms with Crippen LogP contribution in [0.15, 0.2) is 33.5 Å². The molecule has 0 spiro atoms. The van der Waals surface area contributed by atoms with Crippen LogP contribution in [-0.2, 0) is 0 Å². The van der Waals surface area contributed by atoms with Gasteiger partial charge in [0.1, 0.15) is 5.69 Å². The number of hydrogen-bond acceptors (Lipinski definition) is 8. The van der Waals surface area contributed by atoms with E-state index in [1.165, 1.54) is 0 Å². The Kier molecular flexibility index (Phi) is 2.04. The van der Waals surface area contributed by atoms with Crippen molar-refractivity contribution in [2.45, 2.75) is 0 Å². The van der Waals surface area contributed by atoms with E-state index in [0.29, 0.717) is 11.5 Å². The van der Waals surface area contributed by atoms with E-state index >= 15 is 0 Å². The van der Waals surface area contributed by atoms with Crippen molar-refractivity contribution in [3.63, 3.8) is 0 Å². The van der Waals surface area contributed by atoms with Crippen molar-refractivity contribution < 1.29 is 9.15 Å². The first-order valence-electron chi connectivity index (χ1n) is 4.68. The molecule has 0 aliphatic carbocycles. The molecule has 0 fully saturated rings. The van der Waals surface area contributed by atoms with Gasteiger partial charge in [-0.2, -0.15) is 4.98 Å². The number of anilines is 1. The molecule has 3 heterocycles. The molecule has 8 nitrogen and oxygen atoms in total. The smallest absolute Gasteiger partial charge is 0.284 e. The second-order valence-corrected chi connectivity index (χ2v) is 3.14. The fraction of sp³-hybridized carbons (Fsp3) is 0. The number of pyridine rings is 1. The Morgan fingerprint density at radius 2 is 2.06 bits per heavy atom. The third-order valence-electron chi connectivity index (χ3n) is 2.04. The highest BCUT2D eigenvalue weighted by Crippen LogP contribution is 2.22. The van der Waals surface area contributed by atoms with E-state index in [0.717, 1.165) is 0 Å². The molecule has 0 radical (unpaired) electrons. The lowest BCUT2D eigenvalue weighted by Crippen LogP contribution is -1.89. The molecule has 0 unspecified atom stereocenters. The molecule has 0 bridgehead atoms. The number of rotatable bonds is 2. The molecular weight excluding hydrogens is 224 g/mol. The molecule has 0 aliphatic heterocycles. The van der Waals surface area contributed by atoms with Crippen molar-refractivity contribution in [1.29, 1.82) is 0 Å². The Bertz CT molecular complexity index is 632. The van der Waals surface area contributed by atoms with Gasteiger partial charge in [0.15, 0.2) is 0 Å². The summed E-state index contributed by atoms with van der Waals surface area (Å²) in [7, 11) is 0. The van der Waals surface area contributed by atoms with Crippen LogP contribution in [0.3, 0.4) is 0 Å². The molecule has 17 heavy (non-hydrogen) atoms. The minimum Gasteiger partial charge on any atom is -0.379 e. The molecule has 0 saturated heterocycles. The Morgan fingerprint density at radius 3 is 2.76 bits per heavy atom. The van der Waals surface area contributed by atoms with E-state index < -0.39 is 0 Å². The molecule has 2 N–H and O–H groups in total. The van der Waals surface area contributed by atoms with E-state index in [-0.39, 0.29) is 17.4 Å². The van der Waals surface area contributed by atoms with Crippen molar-refractivity contribution in [2.24, 2.45) is 0 Å². The van der Waals surface area contributed by atoms with Gasteiger partial charge in [-0.15, -0.1) is 0 Å². The summed E-state index contributed by atoms with van der Waals surface area (Å²) in [4.78, 5) is 8.19. The first-order chi connectivity index (χ1) is 8.34. The summed E-state index contributed by atoms with van der Waals surface area (Å²) < 4.78 is 9.45. The van der Waals surface area contributed by atoms with E-state index in [1.807, 2.05) is 6.07 Å². The van der Waals surface area contributed by atoms with Crippen LogP contribution < -0.4 is 5.73 Å². The number of nitrogen functional groups attached to an aromatic ring is 1. The Morgan fingerprint density at radius 1 is 1.12 bits per heavy atom. The zero-order valence-electron chi connectivity index (χ0n) is 8.44. The van der Waals surface area contributed by atoms with Crippen molar-refractivity contribution in [2.75, 3.05) is 5.73 Å². The summed E-state index contributed by atoms with van der Waals surface area (Å²) in [5.74, 6) is 0.591. The minimum absolute atomic E-state index is 0.0984. The predicted octanol–water partition coefficient (Wildman–Crippen LogP) is 0.764. The Labute approximate surface area is 94.4 Å². The van der Waals surface area contributed by atoms with Crippen LogP contribution in [0.2, 0.25) is 0 Å². The van der Waals surface area contributed by atoms with Crippen LogP contribution in [-0.4, -0.2) is 25.4 Å². The molecule has 0 saturated carbocycles. The number of nitrogens with zero attached hydrogens (tertiary/aromatic N) is 5. The number of nitrogens with two attached hydrogens (primary N) is 1. The maximum atomic E-state index is 5.51. The lowest BCUT2D eigenvalue weighted by Gasteiger charge is -1.89. The maximum Gasteiger partial charge on any atom is 0.284 e. The average molecular weight is 230 g/mol. The quantitative estimate of drug-likeness (QED) is 0.685. The van der Waals surface area contributed by atoms with Gasteiger partial charge in [0, 0.05) is 6.20 Å². The van der Waals surface area contributed by atoms with E-state index in [2.05, 4.69) is 30.1 Å². The summed E-state index contributed by atoms with van der Waals surface area (Å²) in [6.07, 6.45) is 1.64. The van der Waals surface area contributed by atoms with Crippen LogP contribution >= 0.6 is 0 Å². The highest BCUT2D eigenvalue weighted by molar-refractivity contribution is 5.62. The van der Waals surface area contributed by atoms with Gasteiger partial charge in [0.2, 0.25) is 17.3 Å². The van der Waals surface area contributed by atoms with Gasteiger partial charge in [-0.25, -0.2) is 4.63 Å². The van der Waals surface area contributed by atoms with Crippen LogP contribution in [0.4, 0.5) is 5.82 Å². The average Bonchev–Trinajstić information content (AvgIpc) is 2.98. The van der Waals surface area contributed by atoms with E-state index in [9.17, 15) is 0 Å². The molecule has 3 aromatic heterocycles. The first-order valence-corrected chi connectivity index (χ1v) is 4.68. The fourth-order valence-corrected chi connectivity index (χ4v) is 1.26. The van der Waals surface area contributed by atoms with Gasteiger partial charge >= 0.3 is 0 Å². The second-order valence-electron chi connectivity index (χ2n) is 3.14. The highest BCUT2D eigenvalue weighted by atomic mass is 16.6. The summed E-state index contributed by atoms with van der Waals surface area (Å²) in [5.41, 5.74) is 6.33. The molecule has 0 aromatic carbocycles. The van der Waals surface area contributed by atoms with Crippen molar-refractivity contribution in [3.05, 3.63) is 24.4 Å². The molecule has 0 aliphatic rings. The topological polar surface area (TPSA) is 117 Å². The highest BCUT2D eigenvalue weighted by Gasteiger charge is 2.17. The molecule has 8 heteroatoms. The second kappa shape index (κ2) is 3.67. The molecule has 3 aromatic rings. The molecule has 3 rings (SSSR count). The fourth-order valence-electron chi connectivity index (χ4n) is 1.26. The summed E-state index contributed by atoms with van der Waals surface area (Å²) in [6, 6.07) is 5.38. The SMILES string of the molecule is Nc1nonc1-c1nc(-c2ccccn2)no1. The van der Waals surface area contributed by atoms with E-state index in [4.69, 9.17) is 10.3 Å². The zero-order chi connectivity index (χ0) is 11.7. The van der Waals surface area contributed by atoms with Gasteiger partial charge in [-0.3, -0.25) is 4.98 Å². The molecule has 0 amide bonds. The normalized spacial score (nSPS) is 10.6. The maximum absolute atomic E-state index is 5.51. The largest absolute Gasteiger partial charge is 0.379 e. The van der Waals surface area contributed by atoms with Gasteiger partial charge in [-0.1, -0.05) is 11.2 Å². The summed E-state index contributed by atoms with van der Waals surface area (Å²) in [5, 5.41) is 10.8. The van der Waals surface area contributed by atoms with Crippen LogP contribution in [0.25, 0.3) is 23.1 Å². The van der Waals surface area contributed by atoms with Crippen molar-refractivity contribution >= 4 is 5.82 Å². The molecule has 84 valence electrons. The monoisotopic (exact) mass is 230 g/mol. The van der Waals surface area contributed by atoms with Crippen LogP contribution in [0.5, 0.6) is 0 Å². The number of hydrogen-bond donors (Lipinski definition) is 1. The summed E-state index contributed by atoms with van der Waals surface area (Å²) in [6.45, 7) is 0. The third-order valence-corrected chi connectivity index (χ3v) is 2.04. The summed E-state index contributed by atoms with van der Waals surface area (Å²) >= 11 is 0. The standard InChI is InChI=1S/C9H6N6O2/c10-7-6(13-17-14-7)9-12-8(15-16-9)5-3-1-2-4-11-5/h1-4H,(H2,10,14). The van der Waals surface area contributed by atoms with Gasteiger partial charge < -0.3 is 10.3 Å². The van der Waals surface area contributed by atoms with Crippen molar-refractivity contribution in [1.82, 2.24) is 25.4 Å². The van der Waals surface area contributed by atoms with Gasteiger partial charge in [-0.05, 0) is 22.4 Å². The zero-order valence-corrected chi connectivity index (χ0v) is 8.44. The molecular formula is C9H6N6O2. The van der Waals surface area contributed by atoms with Crippen LogP contribution in [0, 0.1) is 0 Å². The van der Waals surface area contributed by atoms with Gasteiger partial charge in [0.05, 0.1) is 0 Å². The Hall–Kier alpha value is -2.77. The van der Waals surface area contributed by atoms with Crippen LogP contribution in [0.1, 0.15) is 0 Å². The van der Waals surface area contributed by atoms with Crippen molar-refractivity contribution in [3.8, 4) is 23.1 Å². The molecule has 0 atom stereocenters. The Balaban J connectivity index is 2.02. The van der Waals surface area contributed by atoms with Gasteiger partial charge in [0.25, 0.3) is 5.89 Å². The third kappa shape index (κ3) is 1.61.